The zero-order chi connectivity index (χ0) is 9.76. The molecular formula is C9H16N2O2S. The van der Waals surface area contributed by atoms with Crippen molar-refractivity contribution in [2.75, 3.05) is 31.1 Å². The van der Waals surface area contributed by atoms with E-state index in [-0.39, 0.29) is 0 Å². The summed E-state index contributed by atoms with van der Waals surface area (Å²) >= 11 is 0. The molecule has 0 aromatic carbocycles. The number of hydrogen-bond acceptors (Lipinski definition) is 4. The van der Waals surface area contributed by atoms with Gasteiger partial charge in [0.15, 0.2) is 9.84 Å². The van der Waals surface area contributed by atoms with Crippen LogP contribution in [-0.4, -0.2) is 56.5 Å². The Labute approximate surface area is 84.6 Å². The van der Waals surface area contributed by atoms with E-state index >= 15 is 0 Å². The molecule has 4 aliphatic rings. The van der Waals surface area contributed by atoms with E-state index in [1.807, 2.05) is 0 Å². The van der Waals surface area contributed by atoms with Crippen molar-refractivity contribution in [3.05, 3.63) is 0 Å². The van der Waals surface area contributed by atoms with E-state index in [9.17, 15) is 8.42 Å². The minimum atomic E-state index is -2.71. The van der Waals surface area contributed by atoms with E-state index < -0.39 is 9.84 Å². The van der Waals surface area contributed by atoms with Gasteiger partial charge in [0.1, 0.15) is 0 Å². The van der Waals surface area contributed by atoms with Crippen molar-refractivity contribution in [2.45, 2.75) is 18.5 Å². The molecule has 4 rings (SSSR count). The van der Waals surface area contributed by atoms with Crippen molar-refractivity contribution in [3.8, 4) is 0 Å². The molecule has 0 aromatic heterocycles. The number of fused-ring (bicyclic) bond motifs is 1. The van der Waals surface area contributed by atoms with Gasteiger partial charge in [-0.05, 0) is 18.9 Å². The van der Waals surface area contributed by atoms with E-state index in [0.29, 0.717) is 23.6 Å². The van der Waals surface area contributed by atoms with Gasteiger partial charge in [-0.2, -0.15) is 0 Å². The average molecular weight is 216 g/mol. The fourth-order valence-corrected chi connectivity index (χ4v) is 4.26. The second kappa shape index (κ2) is 2.93. The number of hydrogen-bond donors (Lipinski definition) is 1. The number of sulfone groups is 1. The zero-order valence-electron chi connectivity index (χ0n) is 8.15. The highest BCUT2D eigenvalue weighted by Gasteiger charge is 2.50. The molecule has 2 bridgehead atoms. The predicted molar refractivity (Wildman–Crippen MR) is 53.9 cm³/mol. The molecule has 4 nitrogen and oxygen atoms in total. The molecule has 3 heterocycles. The molecular weight excluding hydrogens is 200 g/mol. The van der Waals surface area contributed by atoms with Gasteiger partial charge in [-0.25, -0.2) is 8.42 Å². The van der Waals surface area contributed by atoms with Gasteiger partial charge >= 0.3 is 0 Å². The first kappa shape index (κ1) is 9.12. The standard InChI is InChI=1S/C9H16N2O2S/c12-14(13)3-1-11(2-4-14)9-7-5-8(9)10-6-7/h7-10H,1-6H2. The van der Waals surface area contributed by atoms with Gasteiger partial charge in [-0.1, -0.05) is 0 Å². The molecule has 3 saturated heterocycles. The third-order valence-corrected chi connectivity index (χ3v) is 5.50. The van der Waals surface area contributed by atoms with Crippen molar-refractivity contribution in [2.24, 2.45) is 5.92 Å². The molecule has 5 heteroatoms. The third-order valence-electron chi connectivity index (χ3n) is 3.89. The number of rotatable bonds is 1. The summed E-state index contributed by atoms with van der Waals surface area (Å²) in [5.74, 6) is 1.52. The predicted octanol–water partition coefficient (Wildman–Crippen LogP) is -0.923. The second-order valence-corrected chi connectivity index (χ2v) is 6.99. The minimum absolute atomic E-state index is 0.364. The highest BCUT2D eigenvalue weighted by atomic mass is 32.2. The SMILES string of the molecule is O=S1(=O)CCN(C2C3CNC2C3)CC1. The van der Waals surface area contributed by atoms with Gasteiger partial charge in [0, 0.05) is 25.2 Å². The summed E-state index contributed by atoms with van der Waals surface area (Å²) in [6.45, 7) is 2.64. The Hall–Kier alpha value is -0.130. The molecule has 1 saturated carbocycles. The van der Waals surface area contributed by atoms with Gasteiger partial charge in [-0.3, -0.25) is 4.90 Å². The van der Waals surface area contributed by atoms with Crippen molar-refractivity contribution >= 4 is 9.84 Å². The van der Waals surface area contributed by atoms with Crippen LogP contribution in [0.2, 0.25) is 0 Å². The molecule has 80 valence electrons. The summed E-state index contributed by atoms with van der Waals surface area (Å²) in [5.41, 5.74) is 0. The van der Waals surface area contributed by atoms with Crippen molar-refractivity contribution < 1.29 is 8.42 Å². The lowest BCUT2D eigenvalue weighted by Crippen LogP contribution is -2.58. The van der Waals surface area contributed by atoms with Crippen LogP contribution in [-0.2, 0) is 9.84 Å². The Morgan fingerprint density at radius 3 is 2.43 bits per heavy atom. The van der Waals surface area contributed by atoms with Crippen LogP contribution in [0.3, 0.4) is 0 Å². The molecule has 3 aliphatic heterocycles. The Morgan fingerprint density at radius 2 is 1.93 bits per heavy atom. The van der Waals surface area contributed by atoms with Crippen LogP contribution in [0.1, 0.15) is 6.42 Å². The van der Waals surface area contributed by atoms with Gasteiger partial charge in [0.25, 0.3) is 0 Å². The highest BCUT2D eigenvalue weighted by Crippen LogP contribution is 2.38. The van der Waals surface area contributed by atoms with Crippen LogP contribution in [0.5, 0.6) is 0 Å². The lowest BCUT2D eigenvalue weighted by atomic mass is 9.79. The van der Waals surface area contributed by atoms with E-state index in [4.69, 9.17) is 0 Å². The van der Waals surface area contributed by atoms with Crippen LogP contribution in [0.4, 0.5) is 0 Å². The van der Waals surface area contributed by atoms with E-state index in [1.54, 1.807) is 0 Å². The molecule has 0 aromatic rings. The van der Waals surface area contributed by atoms with Gasteiger partial charge in [0.2, 0.25) is 0 Å². The Bertz CT molecular complexity index is 313. The van der Waals surface area contributed by atoms with Gasteiger partial charge in [-0.15, -0.1) is 0 Å². The Morgan fingerprint density at radius 1 is 1.21 bits per heavy atom. The molecule has 4 fully saturated rings. The topological polar surface area (TPSA) is 49.4 Å². The monoisotopic (exact) mass is 216 g/mol. The van der Waals surface area contributed by atoms with E-state index in [2.05, 4.69) is 10.2 Å². The van der Waals surface area contributed by atoms with Gasteiger partial charge in [0.05, 0.1) is 11.5 Å². The summed E-state index contributed by atoms with van der Waals surface area (Å²) < 4.78 is 22.5. The third kappa shape index (κ3) is 1.30. The molecule has 0 spiro atoms. The fraction of sp³-hybridized carbons (Fsp3) is 1.00. The lowest BCUT2D eigenvalue weighted by Gasteiger charge is -2.44. The summed E-state index contributed by atoms with van der Waals surface area (Å²) in [6.07, 6.45) is 1.30. The summed E-state index contributed by atoms with van der Waals surface area (Å²) in [5, 5.41) is 3.47. The largest absolute Gasteiger partial charge is 0.312 e. The normalized spacial score (nSPS) is 46.1. The first-order valence-corrected chi connectivity index (χ1v) is 7.16. The van der Waals surface area contributed by atoms with E-state index in [0.717, 1.165) is 25.6 Å². The van der Waals surface area contributed by atoms with Crippen LogP contribution < -0.4 is 5.32 Å². The first-order chi connectivity index (χ1) is 6.66. The molecule has 1 aliphatic carbocycles. The zero-order valence-corrected chi connectivity index (χ0v) is 8.96. The Kier molecular flexibility index (Phi) is 1.91. The van der Waals surface area contributed by atoms with Crippen LogP contribution in [0.25, 0.3) is 0 Å². The summed E-state index contributed by atoms with van der Waals surface area (Å²) in [6, 6.07) is 1.30. The van der Waals surface area contributed by atoms with E-state index in [1.165, 1.54) is 6.42 Å². The molecule has 1 N–H and O–H groups in total. The smallest absolute Gasteiger partial charge is 0.152 e. The first-order valence-electron chi connectivity index (χ1n) is 5.33. The van der Waals surface area contributed by atoms with Crippen LogP contribution >= 0.6 is 0 Å². The fourth-order valence-electron chi connectivity index (χ4n) is 3.03. The Balaban J connectivity index is 1.66. The minimum Gasteiger partial charge on any atom is -0.312 e. The van der Waals surface area contributed by atoms with Crippen molar-refractivity contribution in [1.82, 2.24) is 10.2 Å². The maximum absolute atomic E-state index is 11.3. The lowest BCUT2D eigenvalue weighted by molar-refractivity contribution is 0.0902. The molecule has 3 atom stereocenters. The average Bonchev–Trinajstić information content (AvgIpc) is 2.69. The maximum Gasteiger partial charge on any atom is 0.152 e. The quantitative estimate of drug-likeness (QED) is 0.616. The summed E-state index contributed by atoms with van der Waals surface area (Å²) in [4.78, 5) is 2.37. The number of nitrogens with zero attached hydrogens (tertiary/aromatic N) is 1. The van der Waals surface area contributed by atoms with Crippen LogP contribution in [0.15, 0.2) is 0 Å². The second-order valence-electron chi connectivity index (χ2n) is 4.69. The number of nitrogens with one attached hydrogen (secondary N) is 1. The highest BCUT2D eigenvalue weighted by molar-refractivity contribution is 7.91. The molecule has 0 radical (unpaired) electrons. The molecule has 0 amide bonds. The molecule has 14 heavy (non-hydrogen) atoms. The summed E-state index contributed by atoms with van der Waals surface area (Å²) in [7, 11) is -2.71. The van der Waals surface area contributed by atoms with Crippen LogP contribution in [0, 0.1) is 5.92 Å². The maximum atomic E-state index is 11.3. The van der Waals surface area contributed by atoms with Gasteiger partial charge < -0.3 is 5.32 Å². The van der Waals surface area contributed by atoms with Crippen molar-refractivity contribution in [1.29, 1.82) is 0 Å². The molecule has 3 unspecified atom stereocenters. The van der Waals surface area contributed by atoms with Crippen molar-refractivity contribution in [3.63, 3.8) is 0 Å².